The summed E-state index contributed by atoms with van der Waals surface area (Å²) < 4.78 is 16.6. The average molecular weight is 326 g/mol. The third-order valence-corrected chi connectivity index (χ3v) is 5.01. The van der Waals surface area contributed by atoms with Crippen molar-refractivity contribution in [3.63, 3.8) is 0 Å². The lowest BCUT2D eigenvalue weighted by atomic mass is 9.93. The number of benzene rings is 1. The molecule has 0 radical (unpaired) electrons. The lowest BCUT2D eigenvalue weighted by Gasteiger charge is -2.29. The number of aliphatic imine (C=N–C) groups is 1. The van der Waals surface area contributed by atoms with Gasteiger partial charge in [-0.1, -0.05) is 18.2 Å². The van der Waals surface area contributed by atoms with Crippen molar-refractivity contribution in [2.75, 3.05) is 20.8 Å². The van der Waals surface area contributed by atoms with Gasteiger partial charge in [0.2, 0.25) is 0 Å². The lowest BCUT2D eigenvalue weighted by Crippen LogP contribution is -2.41. The topological polar surface area (TPSA) is 114 Å². The third-order valence-electron chi connectivity index (χ3n) is 5.01. The number of para-hydroxylation sites is 1. The lowest BCUT2D eigenvalue weighted by molar-refractivity contribution is -0.230. The van der Waals surface area contributed by atoms with Crippen molar-refractivity contribution >= 4 is 5.84 Å². The summed E-state index contributed by atoms with van der Waals surface area (Å²) in [4.78, 5) is 4.19. The monoisotopic (exact) mass is 326 g/mol. The molecule has 3 atom stereocenters. The predicted octanol–water partition coefficient (Wildman–Crippen LogP) is 1.52. The number of hydrogen-bond donors (Lipinski definition) is 1. The summed E-state index contributed by atoms with van der Waals surface area (Å²) in [5.41, 5.74) is 4.13. The molecule has 0 saturated heterocycles. The number of hydrogen-bond acceptors (Lipinski definition) is 7. The molecule has 1 aromatic rings. The van der Waals surface area contributed by atoms with E-state index in [0.717, 1.165) is 5.56 Å². The van der Waals surface area contributed by atoms with Crippen LogP contribution < -0.4 is 10.5 Å². The number of amidine groups is 1. The van der Waals surface area contributed by atoms with Gasteiger partial charge in [-0.3, -0.25) is 0 Å². The summed E-state index contributed by atoms with van der Waals surface area (Å²) in [5, 5.41) is 19.9. The van der Waals surface area contributed by atoms with E-state index >= 15 is 0 Å². The van der Waals surface area contributed by atoms with Gasteiger partial charge in [0.15, 0.2) is 5.41 Å². The van der Waals surface area contributed by atoms with E-state index in [-0.39, 0.29) is 5.84 Å². The summed E-state index contributed by atoms with van der Waals surface area (Å²) in [5.74, 6) is -1.52. The smallest absolute Gasteiger partial charge is 0.292 e. The Hall–Kier alpha value is -2.61. The Balaban J connectivity index is 2.25. The maximum atomic E-state index is 10.0. The maximum Gasteiger partial charge on any atom is 0.292 e. The fraction of sp³-hybridized carbons (Fsp3) is 0.471. The fourth-order valence-corrected chi connectivity index (χ4v) is 3.99. The minimum absolute atomic E-state index is 0.0477. The predicted molar refractivity (Wildman–Crippen MR) is 84.8 cm³/mol. The molecule has 1 saturated carbocycles. The van der Waals surface area contributed by atoms with Crippen LogP contribution >= 0.6 is 0 Å². The maximum absolute atomic E-state index is 10.0. The zero-order chi connectivity index (χ0) is 17.6. The largest absolute Gasteiger partial charge is 0.494 e. The van der Waals surface area contributed by atoms with Gasteiger partial charge in [0.1, 0.15) is 17.0 Å². The van der Waals surface area contributed by atoms with Gasteiger partial charge in [-0.25, -0.2) is 4.99 Å². The first-order valence-corrected chi connectivity index (χ1v) is 7.55. The van der Waals surface area contributed by atoms with Gasteiger partial charge in [-0.2, -0.15) is 10.5 Å². The third kappa shape index (κ3) is 1.49. The minimum Gasteiger partial charge on any atom is -0.494 e. The second-order valence-corrected chi connectivity index (χ2v) is 5.73. The zero-order valence-corrected chi connectivity index (χ0v) is 13.7. The highest BCUT2D eigenvalue weighted by Crippen LogP contribution is 2.82. The summed E-state index contributed by atoms with van der Waals surface area (Å²) in [6, 6.07) is 11.7. The Labute approximate surface area is 140 Å². The van der Waals surface area contributed by atoms with Gasteiger partial charge < -0.3 is 19.9 Å². The highest BCUT2D eigenvalue weighted by Gasteiger charge is 2.93. The molecule has 0 amide bonds. The van der Waals surface area contributed by atoms with E-state index in [1.807, 2.05) is 25.1 Å². The van der Waals surface area contributed by atoms with Crippen LogP contribution in [0.2, 0.25) is 0 Å². The number of methoxy groups -OCH3 is 2. The Morgan fingerprint density at radius 2 is 1.88 bits per heavy atom. The molecule has 7 nitrogen and oxygen atoms in total. The quantitative estimate of drug-likeness (QED) is 0.821. The highest BCUT2D eigenvalue weighted by atomic mass is 16.7. The van der Waals surface area contributed by atoms with Crippen molar-refractivity contribution in [3.8, 4) is 17.9 Å². The van der Waals surface area contributed by atoms with Crippen LogP contribution in [0.25, 0.3) is 0 Å². The molecule has 1 aliphatic carbocycles. The van der Waals surface area contributed by atoms with Gasteiger partial charge in [-0.05, 0) is 13.0 Å². The Morgan fingerprint density at radius 3 is 2.42 bits per heavy atom. The van der Waals surface area contributed by atoms with Gasteiger partial charge in [0.05, 0.1) is 18.7 Å². The average Bonchev–Trinajstić information content (AvgIpc) is 3.18. The first kappa shape index (κ1) is 16.3. The van der Waals surface area contributed by atoms with E-state index in [1.54, 1.807) is 6.07 Å². The van der Waals surface area contributed by atoms with Crippen molar-refractivity contribution in [1.29, 1.82) is 10.5 Å². The number of nitrogens with two attached hydrogens (primary N) is 1. The van der Waals surface area contributed by atoms with Crippen LogP contribution in [0.5, 0.6) is 5.75 Å². The molecule has 0 bridgehead atoms. The molecule has 7 heteroatoms. The number of ether oxygens (including phenoxy) is 3. The van der Waals surface area contributed by atoms with Crippen molar-refractivity contribution in [2.45, 2.75) is 18.8 Å². The normalized spacial score (nSPS) is 32.2. The van der Waals surface area contributed by atoms with E-state index in [0.29, 0.717) is 12.4 Å². The molecule has 0 unspecified atom stereocenters. The van der Waals surface area contributed by atoms with Gasteiger partial charge in [-0.15, -0.1) is 0 Å². The van der Waals surface area contributed by atoms with E-state index in [2.05, 4.69) is 17.1 Å². The molecule has 3 rings (SSSR count). The second kappa shape index (κ2) is 5.20. The van der Waals surface area contributed by atoms with E-state index < -0.39 is 22.7 Å². The number of fused-ring (bicyclic) bond motifs is 1. The second-order valence-electron chi connectivity index (χ2n) is 5.73. The van der Waals surface area contributed by atoms with Crippen LogP contribution in [0.1, 0.15) is 18.4 Å². The zero-order valence-electron chi connectivity index (χ0n) is 13.7. The number of nitriles is 2. The van der Waals surface area contributed by atoms with Crippen molar-refractivity contribution in [3.05, 3.63) is 29.8 Å². The van der Waals surface area contributed by atoms with Crippen LogP contribution in [0, 0.1) is 33.5 Å². The van der Waals surface area contributed by atoms with Crippen molar-refractivity contribution in [2.24, 2.45) is 21.6 Å². The van der Waals surface area contributed by atoms with Crippen molar-refractivity contribution < 1.29 is 14.2 Å². The Morgan fingerprint density at radius 1 is 1.21 bits per heavy atom. The molecule has 2 N–H and O–H groups in total. The fourth-order valence-electron chi connectivity index (χ4n) is 3.99. The molecule has 1 aliphatic heterocycles. The SMILES string of the molecule is CCOc1ccccc1[C@@H]1[C@]2(C#N)C(N)=NC(OC)(OC)[C@@]12C#N. The summed E-state index contributed by atoms with van der Waals surface area (Å²) in [7, 11) is 2.77. The van der Waals surface area contributed by atoms with E-state index in [1.165, 1.54) is 14.2 Å². The summed E-state index contributed by atoms with van der Waals surface area (Å²) in [6.07, 6.45) is 0. The molecule has 1 aromatic carbocycles. The number of nitrogens with zero attached hydrogens (tertiary/aromatic N) is 3. The van der Waals surface area contributed by atoms with Crippen molar-refractivity contribution in [1.82, 2.24) is 0 Å². The first-order valence-electron chi connectivity index (χ1n) is 7.55. The molecular formula is C17H18N4O3. The van der Waals surface area contributed by atoms with Gasteiger partial charge >= 0.3 is 0 Å². The van der Waals surface area contributed by atoms with Crippen LogP contribution in [-0.2, 0) is 9.47 Å². The summed E-state index contributed by atoms with van der Waals surface area (Å²) in [6.45, 7) is 2.33. The molecule has 124 valence electrons. The molecule has 1 heterocycles. The molecular weight excluding hydrogens is 308 g/mol. The highest BCUT2D eigenvalue weighted by molar-refractivity contribution is 6.00. The Bertz CT molecular complexity index is 790. The number of rotatable bonds is 5. The molecule has 1 fully saturated rings. The van der Waals surface area contributed by atoms with Gasteiger partial charge in [0.25, 0.3) is 5.91 Å². The van der Waals surface area contributed by atoms with Crippen LogP contribution in [0.4, 0.5) is 0 Å². The minimum atomic E-state index is -1.62. The Kier molecular flexibility index (Phi) is 3.52. The molecule has 2 aliphatic rings. The standard InChI is InChI=1S/C17H18N4O3/c1-4-24-12-8-6-5-7-11(12)13-15(9-18)14(20)21-17(22-2,23-3)16(13,15)10-19/h5-8,13H,4H2,1-3H3,(H2,20,21)/t13-,15-,16+/m1/s1. The van der Waals surface area contributed by atoms with Crippen LogP contribution in [0.15, 0.2) is 29.3 Å². The molecule has 0 spiro atoms. The summed E-state index contributed by atoms with van der Waals surface area (Å²) >= 11 is 0. The molecule has 0 aromatic heterocycles. The van der Waals surface area contributed by atoms with E-state index in [4.69, 9.17) is 19.9 Å². The first-order chi connectivity index (χ1) is 11.5. The van der Waals surface area contributed by atoms with Crippen LogP contribution in [-0.4, -0.2) is 32.6 Å². The van der Waals surface area contributed by atoms with E-state index in [9.17, 15) is 10.5 Å². The van der Waals surface area contributed by atoms with Crippen LogP contribution in [0.3, 0.4) is 0 Å². The van der Waals surface area contributed by atoms with Gasteiger partial charge in [0, 0.05) is 25.7 Å². The molecule has 24 heavy (non-hydrogen) atoms.